The van der Waals surface area contributed by atoms with Crippen LogP contribution in [0.4, 0.5) is 0 Å². The minimum atomic E-state index is -0.449. The normalized spacial score (nSPS) is 14.9. The molecule has 3 heterocycles. The SMILES string of the molecule is [2H]c1ccc2oc3cccc(-c4nc(-c5ccc6cc(-c7cc8c([2H])c([2H])c([2H])c([2H])c8c([2H])c7[2H])ccc6c5)nc5c6ccccc6c6c([2H])c([2H])c([2H])c([2H])c6[n+]45)c3c2c1. The maximum Gasteiger partial charge on any atom is 0.308 e. The highest BCUT2D eigenvalue weighted by atomic mass is 16.3. The summed E-state index contributed by atoms with van der Waals surface area (Å²) in [4.78, 5) is 10.4. The molecule has 0 radical (unpaired) electrons. The summed E-state index contributed by atoms with van der Waals surface area (Å²) in [5, 5.41) is 4.67. The number of hydrogen-bond acceptors (Lipinski definition) is 3. The van der Waals surface area contributed by atoms with Crippen molar-refractivity contribution >= 4 is 70.8 Å². The Morgan fingerprint density at radius 1 is 0.490 bits per heavy atom. The third kappa shape index (κ3) is 4.30. The van der Waals surface area contributed by atoms with E-state index >= 15 is 0 Å². The molecule has 0 aliphatic heterocycles. The Hall–Kier alpha value is -6.91. The third-order valence-corrected chi connectivity index (χ3v) is 9.49. The smallest absolute Gasteiger partial charge is 0.308 e. The summed E-state index contributed by atoms with van der Waals surface area (Å²) >= 11 is 0. The zero-order valence-electron chi connectivity index (χ0n) is 37.6. The summed E-state index contributed by atoms with van der Waals surface area (Å²) in [5.41, 5.74) is 3.92. The van der Waals surface area contributed by atoms with Gasteiger partial charge in [0.2, 0.25) is 0 Å². The Kier molecular flexibility index (Phi) is 4.09. The van der Waals surface area contributed by atoms with Gasteiger partial charge in [0.25, 0.3) is 11.5 Å². The van der Waals surface area contributed by atoms with Crippen LogP contribution in [0, 0.1) is 0 Å². The number of pyridine rings is 1. The van der Waals surface area contributed by atoms with Crippen LogP contribution in [-0.2, 0) is 0 Å². The quantitative estimate of drug-likeness (QED) is 0.140. The van der Waals surface area contributed by atoms with E-state index in [-0.39, 0.29) is 64.6 Å². The molecular weight excluding hydrogens is 623 g/mol. The Labute approximate surface area is 308 Å². The number of para-hydroxylation sites is 2. The molecule has 0 spiro atoms. The highest BCUT2D eigenvalue weighted by molar-refractivity contribution is 6.12. The molecule has 0 aliphatic rings. The van der Waals surface area contributed by atoms with Crippen molar-refractivity contribution in [2.45, 2.75) is 0 Å². The van der Waals surface area contributed by atoms with Crippen LogP contribution in [0.2, 0.25) is 0 Å². The average molecular weight is 662 g/mol. The monoisotopic (exact) mass is 661 g/mol. The van der Waals surface area contributed by atoms with Crippen LogP contribution in [0.15, 0.2) is 174 Å². The van der Waals surface area contributed by atoms with E-state index in [9.17, 15) is 1.37 Å². The van der Waals surface area contributed by atoms with Crippen LogP contribution in [0.3, 0.4) is 0 Å². The van der Waals surface area contributed by atoms with Crippen molar-refractivity contribution in [2.24, 2.45) is 0 Å². The van der Waals surface area contributed by atoms with Crippen LogP contribution in [0.1, 0.15) is 15.1 Å². The molecule has 4 nitrogen and oxygen atoms in total. The number of aromatic nitrogens is 3. The van der Waals surface area contributed by atoms with Crippen LogP contribution < -0.4 is 4.40 Å². The number of fused-ring (bicyclic) bond motifs is 11. The van der Waals surface area contributed by atoms with Crippen LogP contribution in [-0.4, -0.2) is 9.97 Å². The van der Waals surface area contributed by atoms with Crippen molar-refractivity contribution in [3.05, 3.63) is 170 Å². The number of furan rings is 1. The van der Waals surface area contributed by atoms with Gasteiger partial charge in [0, 0.05) is 16.2 Å². The molecule has 0 amide bonds. The first kappa shape index (κ1) is 19.3. The van der Waals surface area contributed by atoms with Gasteiger partial charge in [0.1, 0.15) is 16.7 Å². The predicted octanol–water partition coefficient (Wildman–Crippen LogP) is 11.7. The molecule has 0 saturated heterocycles. The lowest BCUT2D eigenvalue weighted by atomic mass is 9.98. The molecule has 4 heteroatoms. The van der Waals surface area contributed by atoms with Crippen LogP contribution in [0.5, 0.6) is 0 Å². The Morgan fingerprint density at radius 2 is 1.25 bits per heavy atom. The number of hydrogen-bond donors (Lipinski definition) is 0. The topological polar surface area (TPSA) is 43.0 Å². The fourth-order valence-corrected chi connectivity index (χ4v) is 7.14. The molecule has 51 heavy (non-hydrogen) atoms. The summed E-state index contributed by atoms with van der Waals surface area (Å²) < 4.78 is 103. The van der Waals surface area contributed by atoms with Gasteiger partial charge in [0.05, 0.1) is 31.6 Å². The fraction of sp³-hybridized carbons (Fsp3) is 0. The Morgan fingerprint density at radius 3 is 2.18 bits per heavy atom. The van der Waals surface area contributed by atoms with Gasteiger partial charge >= 0.3 is 5.82 Å². The van der Waals surface area contributed by atoms with Crippen molar-refractivity contribution in [3.8, 4) is 33.9 Å². The maximum absolute atomic E-state index is 9.26. The van der Waals surface area contributed by atoms with E-state index in [1.165, 1.54) is 0 Å². The standard InChI is InChI=1S/C47H28N3O/c1-2-11-30-26-31(21-20-29(30)10-1)32-22-23-34-28-35(25-24-33(34)27-32)45-48-46-38-14-4-3-12-36(38)37-13-5-7-17-41(37)50(46)47(49-45)40-16-9-19-43-44(40)39-15-6-8-18-42(39)51-43/h1-28H/q+1/i1D,2D,5D,6D,7D,10D,11D,13D,17D,20D,21D. The summed E-state index contributed by atoms with van der Waals surface area (Å²) in [6, 6.07) is 28.0. The maximum atomic E-state index is 9.26. The minimum Gasteiger partial charge on any atom is -0.456 e. The van der Waals surface area contributed by atoms with E-state index in [4.69, 9.17) is 28.1 Å². The van der Waals surface area contributed by atoms with Gasteiger partial charge in [-0.05, 0) is 92.6 Å². The van der Waals surface area contributed by atoms with Crippen molar-refractivity contribution in [3.63, 3.8) is 0 Å². The van der Waals surface area contributed by atoms with Crippen LogP contribution in [0.25, 0.3) is 105 Å². The zero-order valence-corrected chi connectivity index (χ0v) is 26.6. The molecule has 236 valence electrons. The van der Waals surface area contributed by atoms with Gasteiger partial charge in [-0.3, -0.25) is 0 Å². The van der Waals surface area contributed by atoms with Crippen molar-refractivity contribution < 1.29 is 23.9 Å². The molecule has 0 bridgehead atoms. The lowest BCUT2D eigenvalue weighted by Gasteiger charge is -2.11. The molecule has 0 saturated carbocycles. The molecule has 3 aromatic heterocycles. The molecular formula is C47H28N3O+. The molecule has 11 rings (SSSR count). The van der Waals surface area contributed by atoms with E-state index in [1.807, 2.05) is 72.8 Å². The highest BCUT2D eigenvalue weighted by Crippen LogP contribution is 2.37. The number of nitrogens with zero attached hydrogens (tertiary/aromatic N) is 3. The molecule has 8 aromatic carbocycles. The summed E-state index contributed by atoms with van der Waals surface area (Å²) in [7, 11) is 0. The average Bonchev–Trinajstić information content (AvgIpc) is 3.66. The van der Waals surface area contributed by atoms with Gasteiger partial charge < -0.3 is 4.42 Å². The number of benzene rings is 8. The van der Waals surface area contributed by atoms with Gasteiger partial charge in [-0.2, -0.15) is 4.40 Å². The second kappa shape index (κ2) is 10.8. The highest BCUT2D eigenvalue weighted by Gasteiger charge is 2.27. The van der Waals surface area contributed by atoms with E-state index < -0.39 is 18.1 Å². The van der Waals surface area contributed by atoms with Gasteiger partial charge in [0.15, 0.2) is 0 Å². The second-order valence-corrected chi connectivity index (χ2v) is 12.4. The van der Waals surface area contributed by atoms with Crippen LogP contribution >= 0.6 is 0 Å². The molecule has 11 aromatic rings. The van der Waals surface area contributed by atoms with E-state index in [0.717, 1.165) is 10.8 Å². The summed E-state index contributed by atoms with van der Waals surface area (Å²) in [6.45, 7) is 0. The van der Waals surface area contributed by atoms with Gasteiger partial charge in [-0.15, -0.1) is 0 Å². The van der Waals surface area contributed by atoms with Crippen molar-refractivity contribution in [2.75, 3.05) is 0 Å². The second-order valence-electron chi connectivity index (χ2n) is 12.4. The predicted molar refractivity (Wildman–Crippen MR) is 209 cm³/mol. The summed E-state index contributed by atoms with van der Waals surface area (Å²) in [6.07, 6.45) is 0. The lowest BCUT2D eigenvalue weighted by Crippen LogP contribution is -2.30. The molecule has 0 unspecified atom stereocenters. The fourth-order valence-electron chi connectivity index (χ4n) is 7.14. The molecule has 0 aliphatic carbocycles. The third-order valence-electron chi connectivity index (χ3n) is 9.49. The molecule has 0 N–H and O–H groups in total. The Bertz CT molecular complexity index is 3850. The molecule has 0 fully saturated rings. The van der Waals surface area contributed by atoms with E-state index in [0.29, 0.717) is 77.6 Å². The molecule has 0 atom stereocenters. The van der Waals surface area contributed by atoms with E-state index in [1.54, 1.807) is 34.7 Å². The zero-order chi connectivity index (χ0) is 43.0. The van der Waals surface area contributed by atoms with E-state index in [2.05, 4.69) is 0 Å². The van der Waals surface area contributed by atoms with Crippen molar-refractivity contribution in [1.29, 1.82) is 0 Å². The number of rotatable bonds is 3. The minimum absolute atomic E-state index is 0.00237. The van der Waals surface area contributed by atoms with Gasteiger partial charge in [-0.25, -0.2) is 0 Å². The first-order chi connectivity index (χ1) is 29.8. The van der Waals surface area contributed by atoms with Crippen molar-refractivity contribution in [1.82, 2.24) is 9.97 Å². The Balaban J connectivity index is 1.19. The lowest BCUT2D eigenvalue weighted by molar-refractivity contribution is -0.474. The summed E-state index contributed by atoms with van der Waals surface area (Å²) in [5.74, 6) is 0.673. The first-order valence-electron chi connectivity index (χ1n) is 21.8. The van der Waals surface area contributed by atoms with Gasteiger partial charge in [-0.1, -0.05) is 125 Å². The largest absolute Gasteiger partial charge is 0.456 e. The first-order valence-corrected chi connectivity index (χ1v) is 16.3.